The van der Waals surface area contributed by atoms with E-state index in [2.05, 4.69) is 4.98 Å². The summed E-state index contributed by atoms with van der Waals surface area (Å²) in [5.74, 6) is -1.20. The van der Waals surface area contributed by atoms with Crippen molar-refractivity contribution in [2.75, 3.05) is 0 Å². The fourth-order valence-corrected chi connectivity index (χ4v) is 0.893. The van der Waals surface area contributed by atoms with Gasteiger partial charge in [0.1, 0.15) is 11.0 Å². The summed E-state index contributed by atoms with van der Waals surface area (Å²) in [5, 5.41) is 0.158. The fourth-order valence-electron chi connectivity index (χ4n) is 0.727. The van der Waals surface area contributed by atoms with Gasteiger partial charge in [-0.05, 0) is 12.1 Å². The molecule has 0 saturated carbocycles. The van der Waals surface area contributed by atoms with E-state index in [4.69, 9.17) is 17.3 Å². The number of carbonyl (C=O) groups is 1. The number of amides is 1. The standard InChI is InChI=1S/C8H6ClFN2O/c9-7-3-5(1-2-8(11)13)6(10)4-12-7/h1-4H,(H2,11,13). The number of nitrogens with zero attached hydrogens (tertiary/aromatic N) is 1. The highest BCUT2D eigenvalue weighted by atomic mass is 35.5. The van der Waals surface area contributed by atoms with E-state index in [0.717, 1.165) is 12.3 Å². The van der Waals surface area contributed by atoms with Gasteiger partial charge in [0.2, 0.25) is 5.91 Å². The minimum atomic E-state index is -0.646. The molecule has 1 aromatic heterocycles. The van der Waals surface area contributed by atoms with E-state index in [1.165, 1.54) is 12.1 Å². The van der Waals surface area contributed by atoms with Gasteiger partial charge < -0.3 is 5.73 Å². The maximum atomic E-state index is 12.9. The first kappa shape index (κ1) is 9.67. The molecule has 0 aliphatic rings. The van der Waals surface area contributed by atoms with Crippen LogP contribution in [0.4, 0.5) is 4.39 Å². The van der Waals surface area contributed by atoms with Gasteiger partial charge in [-0.25, -0.2) is 9.37 Å². The molecule has 13 heavy (non-hydrogen) atoms. The van der Waals surface area contributed by atoms with Crippen molar-refractivity contribution in [1.29, 1.82) is 0 Å². The fraction of sp³-hybridized carbons (Fsp3) is 0. The summed E-state index contributed by atoms with van der Waals surface area (Å²) in [6, 6.07) is 1.30. The van der Waals surface area contributed by atoms with Crippen molar-refractivity contribution in [3.63, 3.8) is 0 Å². The molecular weight excluding hydrogens is 195 g/mol. The second-order valence-electron chi connectivity index (χ2n) is 2.26. The Morgan fingerprint density at radius 2 is 2.38 bits per heavy atom. The van der Waals surface area contributed by atoms with Gasteiger partial charge in [0.05, 0.1) is 6.20 Å². The first-order valence-corrected chi connectivity index (χ1v) is 3.76. The maximum absolute atomic E-state index is 12.9. The van der Waals surface area contributed by atoms with Crippen LogP contribution in [0.3, 0.4) is 0 Å². The minimum absolute atomic E-state index is 0.158. The molecule has 0 bridgehead atoms. The highest BCUT2D eigenvalue weighted by Crippen LogP contribution is 2.12. The molecule has 1 aromatic rings. The SMILES string of the molecule is NC(=O)C=Cc1cc(Cl)ncc1F. The van der Waals surface area contributed by atoms with Crippen molar-refractivity contribution >= 4 is 23.6 Å². The molecule has 2 N–H and O–H groups in total. The van der Waals surface area contributed by atoms with Crippen molar-refractivity contribution in [3.8, 4) is 0 Å². The lowest BCUT2D eigenvalue weighted by Crippen LogP contribution is -2.05. The third kappa shape index (κ3) is 2.83. The van der Waals surface area contributed by atoms with Crippen LogP contribution in [0.1, 0.15) is 5.56 Å². The zero-order valence-electron chi connectivity index (χ0n) is 6.50. The molecule has 0 fully saturated rings. The summed E-state index contributed by atoms with van der Waals surface area (Å²) < 4.78 is 12.9. The Morgan fingerprint density at radius 1 is 1.69 bits per heavy atom. The molecule has 0 aliphatic carbocycles. The van der Waals surface area contributed by atoms with Crippen LogP contribution in [0, 0.1) is 5.82 Å². The summed E-state index contributed by atoms with van der Waals surface area (Å²) in [6.45, 7) is 0. The molecule has 68 valence electrons. The molecule has 0 radical (unpaired) electrons. The molecule has 0 aliphatic heterocycles. The normalized spacial score (nSPS) is 10.6. The first-order chi connectivity index (χ1) is 6.09. The number of carbonyl (C=O) groups excluding carboxylic acids is 1. The van der Waals surface area contributed by atoms with E-state index >= 15 is 0 Å². The van der Waals surface area contributed by atoms with Gasteiger partial charge in [-0.15, -0.1) is 0 Å². The van der Waals surface area contributed by atoms with Gasteiger partial charge >= 0.3 is 0 Å². The number of hydrogen-bond acceptors (Lipinski definition) is 2. The van der Waals surface area contributed by atoms with E-state index in [0.29, 0.717) is 0 Å². The van der Waals surface area contributed by atoms with Crippen LogP contribution >= 0.6 is 11.6 Å². The maximum Gasteiger partial charge on any atom is 0.241 e. The van der Waals surface area contributed by atoms with Crippen molar-refractivity contribution in [2.45, 2.75) is 0 Å². The minimum Gasteiger partial charge on any atom is -0.366 e. The Hall–Kier alpha value is -1.42. The predicted octanol–water partition coefficient (Wildman–Crippen LogP) is 1.37. The van der Waals surface area contributed by atoms with Crippen LogP contribution in [0.15, 0.2) is 18.3 Å². The lowest BCUT2D eigenvalue weighted by molar-refractivity contribution is -0.113. The number of halogens is 2. The smallest absolute Gasteiger partial charge is 0.241 e. The molecule has 0 saturated heterocycles. The van der Waals surface area contributed by atoms with E-state index in [9.17, 15) is 9.18 Å². The summed E-state index contributed by atoms with van der Waals surface area (Å²) in [6.07, 6.45) is 3.27. The Bertz CT molecular complexity index is 365. The third-order valence-electron chi connectivity index (χ3n) is 1.28. The van der Waals surface area contributed by atoms with Gasteiger partial charge in [0, 0.05) is 11.6 Å². The lowest BCUT2D eigenvalue weighted by Gasteiger charge is -1.95. The molecule has 3 nitrogen and oxygen atoms in total. The average Bonchev–Trinajstić information content (AvgIpc) is 2.06. The Morgan fingerprint density at radius 3 is 3.00 bits per heavy atom. The monoisotopic (exact) mass is 200 g/mol. The molecule has 0 unspecified atom stereocenters. The van der Waals surface area contributed by atoms with Crippen LogP contribution in [0.25, 0.3) is 6.08 Å². The first-order valence-electron chi connectivity index (χ1n) is 3.38. The van der Waals surface area contributed by atoms with E-state index < -0.39 is 11.7 Å². The zero-order chi connectivity index (χ0) is 9.84. The van der Waals surface area contributed by atoms with Crippen molar-refractivity contribution < 1.29 is 9.18 Å². The van der Waals surface area contributed by atoms with Crippen LogP contribution in [-0.2, 0) is 4.79 Å². The summed E-state index contributed by atoms with van der Waals surface area (Å²) in [5.41, 5.74) is 5.01. The lowest BCUT2D eigenvalue weighted by atomic mass is 10.2. The van der Waals surface area contributed by atoms with Gasteiger partial charge in [-0.2, -0.15) is 0 Å². The van der Waals surface area contributed by atoms with Gasteiger partial charge in [-0.1, -0.05) is 11.6 Å². The number of rotatable bonds is 2. The highest BCUT2D eigenvalue weighted by Gasteiger charge is 2.00. The number of aromatic nitrogens is 1. The molecule has 1 heterocycles. The van der Waals surface area contributed by atoms with Crippen LogP contribution in [-0.4, -0.2) is 10.9 Å². The zero-order valence-corrected chi connectivity index (χ0v) is 7.25. The van der Waals surface area contributed by atoms with E-state index in [-0.39, 0.29) is 10.7 Å². The van der Waals surface area contributed by atoms with Gasteiger partial charge in [0.25, 0.3) is 0 Å². The van der Waals surface area contributed by atoms with Crippen LogP contribution < -0.4 is 5.73 Å². The second kappa shape index (κ2) is 4.00. The van der Waals surface area contributed by atoms with Crippen LogP contribution in [0.2, 0.25) is 5.15 Å². The Kier molecular flexibility index (Phi) is 2.97. The number of pyridine rings is 1. The van der Waals surface area contributed by atoms with Crippen molar-refractivity contribution in [2.24, 2.45) is 5.73 Å². The number of primary amides is 1. The largest absolute Gasteiger partial charge is 0.366 e. The van der Waals surface area contributed by atoms with Crippen molar-refractivity contribution in [1.82, 2.24) is 4.98 Å². The van der Waals surface area contributed by atoms with Crippen LogP contribution in [0.5, 0.6) is 0 Å². The summed E-state index contributed by atoms with van der Waals surface area (Å²) >= 11 is 5.50. The third-order valence-corrected chi connectivity index (χ3v) is 1.49. The van der Waals surface area contributed by atoms with Gasteiger partial charge in [0.15, 0.2) is 0 Å². The predicted molar refractivity (Wildman–Crippen MR) is 47.4 cm³/mol. The summed E-state index contributed by atoms with van der Waals surface area (Å²) in [4.78, 5) is 13.8. The molecule has 0 aromatic carbocycles. The molecule has 1 amide bonds. The molecular formula is C8H6ClFN2O. The second-order valence-corrected chi connectivity index (χ2v) is 2.65. The molecule has 0 spiro atoms. The topological polar surface area (TPSA) is 56.0 Å². The quantitative estimate of drug-likeness (QED) is 0.579. The van der Waals surface area contributed by atoms with E-state index in [1.807, 2.05) is 0 Å². The van der Waals surface area contributed by atoms with Crippen molar-refractivity contribution in [3.05, 3.63) is 34.9 Å². The molecule has 0 atom stereocenters. The molecule has 1 rings (SSSR count). The number of hydrogen-bond donors (Lipinski definition) is 1. The summed E-state index contributed by atoms with van der Waals surface area (Å²) in [7, 11) is 0. The Labute approximate surface area is 79.0 Å². The number of nitrogens with two attached hydrogens (primary N) is 1. The highest BCUT2D eigenvalue weighted by molar-refractivity contribution is 6.29. The van der Waals surface area contributed by atoms with E-state index in [1.54, 1.807) is 0 Å². The van der Waals surface area contributed by atoms with Gasteiger partial charge in [-0.3, -0.25) is 4.79 Å². The average molecular weight is 201 g/mol. The molecule has 5 heteroatoms. The Balaban J connectivity index is 3.00.